The van der Waals surface area contributed by atoms with E-state index in [0.717, 1.165) is 18.8 Å². The van der Waals surface area contributed by atoms with Gasteiger partial charge in [-0.25, -0.2) is 4.79 Å². The van der Waals surface area contributed by atoms with Gasteiger partial charge in [-0.1, -0.05) is 6.07 Å². The summed E-state index contributed by atoms with van der Waals surface area (Å²) in [5.74, 6) is -0.889. The lowest BCUT2D eigenvalue weighted by Crippen LogP contribution is -2.51. The Morgan fingerprint density at radius 1 is 1.50 bits per heavy atom. The van der Waals surface area contributed by atoms with E-state index in [9.17, 15) is 4.79 Å². The fourth-order valence-electron chi connectivity index (χ4n) is 1.37. The molecule has 2 rings (SSSR count). The van der Waals surface area contributed by atoms with E-state index < -0.39 is 5.97 Å². The van der Waals surface area contributed by atoms with Crippen molar-refractivity contribution in [2.45, 2.75) is 6.04 Å². The van der Waals surface area contributed by atoms with Crippen molar-refractivity contribution in [3.63, 3.8) is 0 Å². The van der Waals surface area contributed by atoms with Crippen LogP contribution in [0.4, 0.5) is 5.69 Å². The number of carboxylic acids is 1. The topological polar surface area (TPSA) is 61.4 Å². The first-order chi connectivity index (χ1) is 6.75. The average molecular weight is 192 g/mol. The Bertz CT molecular complexity index is 348. The number of nitrogens with one attached hydrogen (secondary N) is 2. The molecule has 1 aromatic carbocycles. The third-order valence-corrected chi connectivity index (χ3v) is 2.26. The SMILES string of the molecule is O=C(O)c1cccc(NC2CNC2)c1. The van der Waals surface area contributed by atoms with E-state index in [2.05, 4.69) is 10.6 Å². The molecule has 0 saturated carbocycles. The van der Waals surface area contributed by atoms with E-state index in [1.165, 1.54) is 0 Å². The standard InChI is InChI=1S/C10H12N2O2/c13-10(14)7-2-1-3-8(4-7)12-9-5-11-6-9/h1-4,9,11-12H,5-6H2,(H,13,14). The predicted molar refractivity (Wildman–Crippen MR) is 53.7 cm³/mol. The van der Waals surface area contributed by atoms with Gasteiger partial charge in [-0.3, -0.25) is 0 Å². The van der Waals surface area contributed by atoms with Crippen LogP contribution in [0.1, 0.15) is 10.4 Å². The van der Waals surface area contributed by atoms with Crippen LogP contribution in [-0.2, 0) is 0 Å². The van der Waals surface area contributed by atoms with E-state index in [1.54, 1.807) is 18.2 Å². The van der Waals surface area contributed by atoms with Gasteiger partial charge in [0.15, 0.2) is 0 Å². The molecule has 1 aromatic rings. The molecule has 0 spiro atoms. The first-order valence-electron chi connectivity index (χ1n) is 4.56. The molecule has 4 heteroatoms. The highest BCUT2D eigenvalue weighted by molar-refractivity contribution is 5.88. The monoisotopic (exact) mass is 192 g/mol. The van der Waals surface area contributed by atoms with Crippen LogP contribution < -0.4 is 10.6 Å². The molecular weight excluding hydrogens is 180 g/mol. The van der Waals surface area contributed by atoms with Gasteiger partial charge < -0.3 is 15.7 Å². The van der Waals surface area contributed by atoms with Crippen LogP contribution in [0, 0.1) is 0 Å². The quantitative estimate of drug-likeness (QED) is 0.662. The van der Waals surface area contributed by atoms with Crippen molar-refractivity contribution < 1.29 is 9.90 Å². The number of hydrogen-bond acceptors (Lipinski definition) is 3. The minimum atomic E-state index is -0.889. The third-order valence-electron chi connectivity index (χ3n) is 2.26. The molecule has 74 valence electrons. The van der Waals surface area contributed by atoms with Crippen molar-refractivity contribution >= 4 is 11.7 Å². The summed E-state index contributed by atoms with van der Waals surface area (Å²) in [4.78, 5) is 10.7. The van der Waals surface area contributed by atoms with Gasteiger partial charge in [-0.15, -0.1) is 0 Å². The van der Waals surface area contributed by atoms with Crippen LogP contribution in [0.3, 0.4) is 0 Å². The molecule has 14 heavy (non-hydrogen) atoms. The number of aromatic carboxylic acids is 1. The molecule has 1 fully saturated rings. The predicted octanol–water partition coefficient (Wildman–Crippen LogP) is 0.768. The van der Waals surface area contributed by atoms with Crippen LogP contribution >= 0.6 is 0 Å². The molecule has 3 N–H and O–H groups in total. The van der Waals surface area contributed by atoms with E-state index in [4.69, 9.17) is 5.11 Å². The van der Waals surface area contributed by atoms with Gasteiger partial charge >= 0.3 is 5.97 Å². The molecule has 1 aliphatic rings. The van der Waals surface area contributed by atoms with Crippen LogP contribution in [0.25, 0.3) is 0 Å². The zero-order chi connectivity index (χ0) is 9.97. The summed E-state index contributed by atoms with van der Waals surface area (Å²) in [6.45, 7) is 1.88. The number of hydrogen-bond donors (Lipinski definition) is 3. The molecule has 0 unspecified atom stereocenters. The second-order valence-electron chi connectivity index (χ2n) is 3.39. The highest BCUT2D eigenvalue weighted by Crippen LogP contribution is 2.12. The van der Waals surface area contributed by atoms with Crippen molar-refractivity contribution in [3.8, 4) is 0 Å². The third kappa shape index (κ3) is 1.85. The molecule has 1 heterocycles. The second-order valence-corrected chi connectivity index (χ2v) is 3.39. The molecule has 1 saturated heterocycles. The average Bonchev–Trinajstić information content (AvgIpc) is 2.12. The lowest BCUT2D eigenvalue weighted by Gasteiger charge is -2.29. The molecule has 4 nitrogen and oxygen atoms in total. The summed E-state index contributed by atoms with van der Waals surface area (Å²) >= 11 is 0. The number of carbonyl (C=O) groups is 1. The smallest absolute Gasteiger partial charge is 0.335 e. The van der Waals surface area contributed by atoms with Gasteiger partial charge in [0.2, 0.25) is 0 Å². The Balaban J connectivity index is 2.09. The Labute approximate surface area is 81.9 Å². The van der Waals surface area contributed by atoms with Gasteiger partial charge in [0.25, 0.3) is 0 Å². The minimum Gasteiger partial charge on any atom is -0.478 e. The Hall–Kier alpha value is -1.55. The summed E-state index contributed by atoms with van der Waals surface area (Å²) in [5, 5.41) is 15.2. The highest BCUT2D eigenvalue weighted by Gasteiger charge is 2.16. The van der Waals surface area contributed by atoms with E-state index in [0.29, 0.717) is 11.6 Å². The fourth-order valence-corrected chi connectivity index (χ4v) is 1.37. The van der Waals surface area contributed by atoms with Crippen molar-refractivity contribution in [2.75, 3.05) is 18.4 Å². The highest BCUT2D eigenvalue weighted by atomic mass is 16.4. The minimum absolute atomic E-state index is 0.322. The first-order valence-corrected chi connectivity index (χ1v) is 4.56. The maximum atomic E-state index is 10.7. The zero-order valence-electron chi connectivity index (χ0n) is 7.66. The van der Waals surface area contributed by atoms with Crippen LogP contribution in [0.5, 0.6) is 0 Å². The van der Waals surface area contributed by atoms with Crippen LogP contribution in [0.2, 0.25) is 0 Å². The number of rotatable bonds is 3. The fraction of sp³-hybridized carbons (Fsp3) is 0.300. The van der Waals surface area contributed by atoms with Gasteiger partial charge in [-0.2, -0.15) is 0 Å². The molecular formula is C10H12N2O2. The summed E-state index contributed by atoms with van der Waals surface area (Å²) in [7, 11) is 0. The van der Waals surface area contributed by atoms with Crippen LogP contribution in [0.15, 0.2) is 24.3 Å². The van der Waals surface area contributed by atoms with E-state index >= 15 is 0 Å². The Morgan fingerprint density at radius 3 is 2.86 bits per heavy atom. The van der Waals surface area contributed by atoms with E-state index in [1.807, 2.05) is 6.07 Å². The molecule has 0 aliphatic carbocycles. The Kier molecular flexibility index (Phi) is 2.37. The maximum Gasteiger partial charge on any atom is 0.335 e. The van der Waals surface area contributed by atoms with Crippen molar-refractivity contribution in [3.05, 3.63) is 29.8 Å². The molecule has 0 bridgehead atoms. The number of benzene rings is 1. The summed E-state index contributed by atoms with van der Waals surface area (Å²) in [6.07, 6.45) is 0. The number of anilines is 1. The van der Waals surface area contributed by atoms with Crippen LogP contribution in [-0.4, -0.2) is 30.2 Å². The van der Waals surface area contributed by atoms with Crippen molar-refractivity contribution in [1.82, 2.24) is 5.32 Å². The summed E-state index contributed by atoms with van der Waals surface area (Å²) < 4.78 is 0. The molecule has 0 radical (unpaired) electrons. The first kappa shape index (κ1) is 9.02. The normalized spacial score (nSPS) is 16.0. The van der Waals surface area contributed by atoms with Gasteiger partial charge in [0, 0.05) is 18.8 Å². The summed E-state index contributed by atoms with van der Waals surface area (Å²) in [6, 6.07) is 7.30. The van der Waals surface area contributed by atoms with Gasteiger partial charge in [0.05, 0.1) is 11.6 Å². The molecule has 0 atom stereocenters. The van der Waals surface area contributed by atoms with Gasteiger partial charge in [-0.05, 0) is 18.2 Å². The van der Waals surface area contributed by atoms with Crippen molar-refractivity contribution in [2.24, 2.45) is 0 Å². The summed E-state index contributed by atoms with van der Waals surface area (Å²) in [5.41, 5.74) is 1.19. The lowest BCUT2D eigenvalue weighted by molar-refractivity contribution is 0.0697. The van der Waals surface area contributed by atoms with Gasteiger partial charge in [0.1, 0.15) is 0 Å². The lowest BCUT2D eigenvalue weighted by atomic mass is 10.1. The second kappa shape index (κ2) is 3.67. The molecule has 1 aliphatic heterocycles. The molecule has 0 amide bonds. The maximum absolute atomic E-state index is 10.7. The largest absolute Gasteiger partial charge is 0.478 e. The number of carboxylic acid groups (broad SMARTS) is 1. The zero-order valence-corrected chi connectivity index (χ0v) is 7.66. The van der Waals surface area contributed by atoms with E-state index in [-0.39, 0.29) is 0 Å². The Morgan fingerprint density at radius 2 is 2.29 bits per heavy atom. The molecule has 0 aromatic heterocycles. The van der Waals surface area contributed by atoms with Crippen molar-refractivity contribution in [1.29, 1.82) is 0 Å².